The van der Waals surface area contributed by atoms with Gasteiger partial charge in [0.2, 0.25) is 23.6 Å². The molecule has 0 aliphatic carbocycles. The molecule has 4 amide bonds. The zero-order chi connectivity index (χ0) is 37.7. The van der Waals surface area contributed by atoms with Crippen molar-refractivity contribution in [1.29, 1.82) is 0 Å². The number of rotatable bonds is 17. The number of likely N-dealkylation sites (N-methyl/N-ethyl adjacent to an activating group) is 1. The number of hydrogen-bond donors (Lipinski definition) is 5. The number of nitrogens with two attached hydrogens (primary N) is 1. The minimum atomic E-state index is -0.871. The normalized spacial score (nSPS) is 18.1. The van der Waals surface area contributed by atoms with Crippen LogP contribution in [-0.2, 0) is 28.7 Å². The number of carbonyl (C=O) groups excluding carboxylic acids is 4. The molecular formula is C36H65N5O8. The SMILES string of the molecule is CCC.CCC(C)C(C(CC(=O)N1CCCC1C(OC)C(C)C(=O)NC(C)C(O)c1ccccc1)OC)N(C)C(=O)CNC(=O)CN.CO. The van der Waals surface area contributed by atoms with Gasteiger partial charge in [-0.3, -0.25) is 19.2 Å². The van der Waals surface area contributed by atoms with Crippen LogP contribution in [0.2, 0.25) is 0 Å². The monoisotopic (exact) mass is 695 g/mol. The van der Waals surface area contributed by atoms with Gasteiger partial charge < -0.3 is 45.9 Å². The Bertz CT molecular complexity index is 1090. The van der Waals surface area contributed by atoms with Gasteiger partial charge in [-0.15, -0.1) is 0 Å². The highest BCUT2D eigenvalue weighted by Crippen LogP contribution is 2.29. The molecule has 1 heterocycles. The zero-order valence-corrected chi connectivity index (χ0v) is 31.5. The minimum absolute atomic E-state index is 0.00459. The Hall–Kier alpha value is -3.10. The molecule has 0 saturated carbocycles. The predicted molar refractivity (Wildman–Crippen MR) is 191 cm³/mol. The third-order valence-corrected chi connectivity index (χ3v) is 8.91. The van der Waals surface area contributed by atoms with Crippen molar-refractivity contribution in [1.82, 2.24) is 20.4 Å². The maximum absolute atomic E-state index is 13.8. The second-order valence-corrected chi connectivity index (χ2v) is 12.5. The van der Waals surface area contributed by atoms with Crippen LogP contribution in [0, 0.1) is 11.8 Å². The summed E-state index contributed by atoms with van der Waals surface area (Å²) >= 11 is 0. The standard InChI is InChI=1S/C32H53N5O7.C3H8.CH4O/c1-8-20(2)29(36(5)28(40)19-34-26(38)18-33)25(43-6)17-27(39)37-16-12-15-24(37)31(44-7)21(3)32(42)35-22(4)30(41)23-13-10-9-11-14-23;1-3-2;1-2/h9-11,13-14,20-22,24-25,29-31,41H,8,12,15-19,33H2,1-7H3,(H,34,38)(H,35,42);3H2,1-2H3;2H,1H3. The van der Waals surface area contributed by atoms with Crippen LogP contribution in [0.1, 0.15) is 85.3 Å². The molecule has 1 aliphatic rings. The van der Waals surface area contributed by atoms with Crippen LogP contribution in [-0.4, -0.2) is 122 Å². The molecule has 13 heteroatoms. The van der Waals surface area contributed by atoms with Gasteiger partial charge in [0.25, 0.3) is 0 Å². The zero-order valence-electron chi connectivity index (χ0n) is 31.5. The third kappa shape index (κ3) is 14.3. The predicted octanol–water partition coefficient (Wildman–Crippen LogP) is 2.24. The van der Waals surface area contributed by atoms with Crippen LogP contribution < -0.4 is 16.4 Å². The van der Waals surface area contributed by atoms with Crippen LogP contribution in [0.3, 0.4) is 0 Å². The average Bonchev–Trinajstić information content (AvgIpc) is 3.60. The summed E-state index contributed by atoms with van der Waals surface area (Å²) in [6.07, 6.45) is 1.43. The van der Waals surface area contributed by atoms with E-state index >= 15 is 0 Å². The molecule has 0 spiro atoms. The first kappa shape index (κ1) is 45.9. The molecule has 0 radical (unpaired) electrons. The number of nitrogens with one attached hydrogen (secondary N) is 2. The van der Waals surface area contributed by atoms with E-state index in [9.17, 15) is 24.3 Å². The van der Waals surface area contributed by atoms with E-state index in [0.717, 1.165) is 20.0 Å². The van der Waals surface area contributed by atoms with Crippen molar-refractivity contribution in [2.45, 2.75) is 110 Å². The molecule has 1 aromatic carbocycles. The van der Waals surface area contributed by atoms with Crippen LogP contribution >= 0.6 is 0 Å². The summed E-state index contributed by atoms with van der Waals surface area (Å²) in [4.78, 5) is 55.0. The van der Waals surface area contributed by atoms with Crippen LogP contribution in [0.25, 0.3) is 0 Å². The lowest BCUT2D eigenvalue weighted by molar-refractivity contribution is -0.146. The number of aliphatic hydroxyl groups is 2. The van der Waals surface area contributed by atoms with Gasteiger partial charge in [-0.1, -0.05) is 77.8 Å². The van der Waals surface area contributed by atoms with Crippen LogP contribution in [0.15, 0.2) is 30.3 Å². The highest BCUT2D eigenvalue weighted by atomic mass is 16.5. The van der Waals surface area contributed by atoms with E-state index in [1.165, 1.54) is 13.5 Å². The smallest absolute Gasteiger partial charge is 0.242 e. The average molecular weight is 696 g/mol. The lowest BCUT2D eigenvalue weighted by Gasteiger charge is -2.39. The molecular weight excluding hydrogens is 630 g/mol. The second kappa shape index (κ2) is 24.9. The van der Waals surface area contributed by atoms with Gasteiger partial charge in [0, 0.05) is 34.9 Å². The van der Waals surface area contributed by atoms with E-state index in [4.69, 9.17) is 20.3 Å². The first-order valence-corrected chi connectivity index (χ1v) is 17.4. The minimum Gasteiger partial charge on any atom is -0.400 e. The van der Waals surface area contributed by atoms with Crippen molar-refractivity contribution in [3.63, 3.8) is 0 Å². The number of carbonyl (C=O) groups is 4. The number of aliphatic hydroxyl groups excluding tert-OH is 2. The lowest BCUT2D eigenvalue weighted by Crippen LogP contribution is -2.54. The number of nitrogens with zero attached hydrogens (tertiary/aromatic N) is 2. The lowest BCUT2D eigenvalue weighted by atomic mass is 9.90. The Balaban J connectivity index is 0.00000435. The van der Waals surface area contributed by atoms with Crippen LogP contribution in [0.4, 0.5) is 0 Å². The molecule has 282 valence electrons. The molecule has 0 aromatic heterocycles. The van der Waals surface area contributed by atoms with Crippen molar-refractivity contribution in [2.24, 2.45) is 17.6 Å². The molecule has 1 saturated heterocycles. The third-order valence-electron chi connectivity index (χ3n) is 8.91. The fourth-order valence-corrected chi connectivity index (χ4v) is 6.07. The Morgan fingerprint density at radius 1 is 1.04 bits per heavy atom. The Labute approximate surface area is 294 Å². The summed E-state index contributed by atoms with van der Waals surface area (Å²) in [5.74, 6) is -1.74. The number of amides is 4. The first-order valence-electron chi connectivity index (χ1n) is 17.4. The largest absolute Gasteiger partial charge is 0.400 e. The number of methoxy groups -OCH3 is 2. The highest BCUT2D eigenvalue weighted by molar-refractivity contribution is 5.85. The number of ether oxygens (including phenoxy) is 2. The summed E-state index contributed by atoms with van der Waals surface area (Å²) in [7, 11) is 5.72. The highest BCUT2D eigenvalue weighted by Gasteiger charge is 2.42. The number of hydrogen-bond acceptors (Lipinski definition) is 9. The summed E-state index contributed by atoms with van der Waals surface area (Å²) in [6.45, 7) is 11.9. The van der Waals surface area contributed by atoms with Gasteiger partial charge in [0.1, 0.15) is 0 Å². The molecule has 6 N–H and O–H groups in total. The van der Waals surface area contributed by atoms with Gasteiger partial charge in [-0.25, -0.2) is 0 Å². The van der Waals surface area contributed by atoms with Crippen molar-refractivity contribution < 1.29 is 38.9 Å². The molecule has 1 aromatic rings. The van der Waals surface area contributed by atoms with Crippen molar-refractivity contribution in [2.75, 3.05) is 48.0 Å². The van der Waals surface area contributed by atoms with E-state index < -0.39 is 42.2 Å². The molecule has 0 bridgehead atoms. The van der Waals surface area contributed by atoms with E-state index in [0.29, 0.717) is 18.5 Å². The summed E-state index contributed by atoms with van der Waals surface area (Å²) in [6, 6.07) is 7.87. The van der Waals surface area contributed by atoms with E-state index in [2.05, 4.69) is 24.5 Å². The van der Waals surface area contributed by atoms with E-state index in [-0.39, 0.29) is 49.2 Å². The summed E-state index contributed by atoms with van der Waals surface area (Å²) in [5.41, 5.74) is 6.05. The fourth-order valence-electron chi connectivity index (χ4n) is 6.07. The topological polar surface area (TPSA) is 184 Å². The fraction of sp³-hybridized carbons (Fsp3) is 0.722. The van der Waals surface area contributed by atoms with Crippen molar-refractivity contribution in [3.8, 4) is 0 Å². The van der Waals surface area contributed by atoms with Crippen molar-refractivity contribution in [3.05, 3.63) is 35.9 Å². The summed E-state index contributed by atoms with van der Waals surface area (Å²) < 4.78 is 11.7. The van der Waals surface area contributed by atoms with E-state index in [1.807, 2.05) is 44.2 Å². The van der Waals surface area contributed by atoms with E-state index in [1.54, 1.807) is 37.8 Å². The molecule has 1 aliphatic heterocycles. The number of benzene rings is 1. The first-order chi connectivity index (χ1) is 23.3. The van der Waals surface area contributed by atoms with Gasteiger partial charge in [-0.05, 0) is 31.2 Å². The van der Waals surface area contributed by atoms with Crippen molar-refractivity contribution >= 4 is 23.6 Å². The number of likely N-dealkylation sites (tertiary alicyclic amines) is 1. The van der Waals surface area contributed by atoms with Gasteiger partial charge >= 0.3 is 0 Å². The van der Waals surface area contributed by atoms with Crippen LogP contribution in [0.5, 0.6) is 0 Å². The van der Waals surface area contributed by atoms with Gasteiger partial charge in [0.15, 0.2) is 0 Å². The molecule has 8 unspecified atom stereocenters. The van der Waals surface area contributed by atoms with Gasteiger partial charge in [-0.2, -0.15) is 0 Å². The Morgan fingerprint density at radius 2 is 1.63 bits per heavy atom. The maximum Gasteiger partial charge on any atom is 0.242 e. The Morgan fingerprint density at radius 3 is 2.14 bits per heavy atom. The quantitative estimate of drug-likeness (QED) is 0.163. The van der Waals surface area contributed by atoms with Gasteiger partial charge in [0.05, 0.1) is 61.9 Å². The molecule has 1 fully saturated rings. The molecule has 13 nitrogen and oxygen atoms in total. The summed E-state index contributed by atoms with van der Waals surface area (Å²) in [5, 5.41) is 23.2. The maximum atomic E-state index is 13.8. The molecule has 2 rings (SSSR count). The Kier molecular flexibility index (Phi) is 23.4. The molecule has 8 atom stereocenters. The second-order valence-electron chi connectivity index (χ2n) is 12.5. The molecule has 49 heavy (non-hydrogen) atoms.